The first kappa shape index (κ1) is 21.3. The number of aromatic nitrogens is 3. The molecule has 3 aromatic rings. The van der Waals surface area contributed by atoms with Gasteiger partial charge in [-0.05, 0) is 67.2 Å². The zero-order valence-corrected chi connectivity index (χ0v) is 20.0. The van der Waals surface area contributed by atoms with Crippen molar-refractivity contribution in [3.63, 3.8) is 0 Å². The first-order chi connectivity index (χ1) is 17.9. The molecule has 4 amide bonds. The first-order valence-electron chi connectivity index (χ1n) is 12.9. The van der Waals surface area contributed by atoms with E-state index in [4.69, 9.17) is 0 Å². The maximum absolute atomic E-state index is 14.7. The van der Waals surface area contributed by atoms with Crippen LogP contribution in [0.2, 0.25) is 0 Å². The van der Waals surface area contributed by atoms with Gasteiger partial charge in [-0.25, -0.2) is 18.7 Å². The Morgan fingerprint density at radius 1 is 1.08 bits per heavy atom. The van der Waals surface area contributed by atoms with Gasteiger partial charge in [-0.15, -0.1) is 0 Å². The van der Waals surface area contributed by atoms with Crippen molar-refractivity contribution in [2.45, 2.75) is 60.9 Å². The molecule has 2 aromatic heterocycles. The van der Waals surface area contributed by atoms with E-state index in [0.717, 1.165) is 47.3 Å². The van der Waals surface area contributed by atoms with Crippen LogP contribution in [0.1, 0.15) is 72.2 Å². The molecular formula is C27H25FN6O3. The van der Waals surface area contributed by atoms with Crippen molar-refractivity contribution < 1.29 is 18.8 Å². The molecule has 1 aromatic carbocycles. The van der Waals surface area contributed by atoms with Gasteiger partial charge in [-0.1, -0.05) is 12.1 Å². The predicted molar refractivity (Wildman–Crippen MR) is 130 cm³/mol. The third kappa shape index (κ3) is 3.10. The number of amides is 4. The van der Waals surface area contributed by atoms with Crippen LogP contribution in [0.3, 0.4) is 0 Å². The molecule has 5 aliphatic rings. The number of hydrogen-bond donors (Lipinski definition) is 2. The van der Waals surface area contributed by atoms with E-state index in [1.807, 2.05) is 6.07 Å². The van der Waals surface area contributed by atoms with E-state index in [-0.39, 0.29) is 36.7 Å². The van der Waals surface area contributed by atoms with Crippen molar-refractivity contribution >= 4 is 29.2 Å². The van der Waals surface area contributed by atoms with Crippen LogP contribution in [0.25, 0.3) is 5.65 Å². The van der Waals surface area contributed by atoms with Crippen LogP contribution in [0.4, 0.5) is 14.9 Å². The molecule has 37 heavy (non-hydrogen) atoms. The zero-order chi connectivity index (χ0) is 25.1. The van der Waals surface area contributed by atoms with Crippen LogP contribution in [0.5, 0.6) is 0 Å². The average molecular weight is 501 g/mol. The lowest BCUT2D eigenvalue weighted by Gasteiger charge is -2.22. The van der Waals surface area contributed by atoms with Gasteiger partial charge >= 0.3 is 6.03 Å². The molecule has 1 spiro atoms. The van der Waals surface area contributed by atoms with Gasteiger partial charge in [0.05, 0.1) is 23.6 Å². The minimum absolute atomic E-state index is 0.0617. The van der Waals surface area contributed by atoms with Gasteiger partial charge in [-0.3, -0.25) is 14.9 Å². The summed E-state index contributed by atoms with van der Waals surface area (Å²) >= 11 is 0. The Labute approximate surface area is 211 Å². The Morgan fingerprint density at radius 3 is 2.68 bits per heavy atom. The second-order valence-electron chi connectivity index (χ2n) is 11.3. The molecule has 188 valence electrons. The molecule has 0 radical (unpaired) electrons. The highest BCUT2D eigenvalue weighted by atomic mass is 19.1. The third-order valence-corrected chi connectivity index (χ3v) is 8.87. The molecular weight excluding hydrogens is 475 g/mol. The summed E-state index contributed by atoms with van der Waals surface area (Å²) in [6.07, 6.45) is 7.09. The lowest BCUT2D eigenvalue weighted by Crippen LogP contribution is -2.51. The number of halogens is 1. The van der Waals surface area contributed by atoms with Gasteiger partial charge < -0.3 is 10.2 Å². The van der Waals surface area contributed by atoms with Crippen molar-refractivity contribution in [3.05, 3.63) is 59.0 Å². The van der Waals surface area contributed by atoms with Gasteiger partial charge in [0.1, 0.15) is 5.67 Å². The highest BCUT2D eigenvalue weighted by molar-refractivity contribution is 6.10. The monoisotopic (exact) mass is 500 g/mol. The van der Waals surface area contributed by atoms with Crippen LogP contribution >= 0.6 is 0 Å². The molecule has 1 unspecified atom stereocenters. The van der Waals surface area contributed by atoms with Crippen LogP contribution in [0.15, 0.2) is 36.7 Å². The van der Waals surface area contributed by atoms with E-state index in [1.165, 1.54) is 0 Å². The molecule has 3 aliphatic carbocycles. The number of nitrogens with one attached hydrogen (secondary N) is 2. The van der Waals surface area contributed by atoms with Gasteiger partial charge in [0.15, 0.2) is 5.65 Å². The van der Waals surface area contributed by atoms with Crippen molar-refractivity contribution in [1.29, 1.82) is 0 Å². The van der Waals surface area contributed by atoms with E-state index in [9.17, 15) is 18.8 Å². The largest absolute Gasteiger partial charge is 0.337 e. The average Bonchev–Trinajstić information content (AvgIpc) is 3.81. The van der Waals surface area contributed by atoms with Gasteiger partial charge in [0.2, 0.25) is 11.8 Å². The van der Waals surface area contributed by atoms with Gasteiger partial charge in [0.25, 0.3) is 0 Å². The topological polar surface area (TPSA) is 109 Å². The Hall–Kier alpha value is -3.82. The summed E-state index contributed by atoms with van der Waals surface area (Å²) in [5.74, 6) is -0.472. The Morgan fingerprint density at radius 2 is 1.92 bits per heavy atom. The van der Waals surface area contributed by atoms with Crippen LogP contribution in [-0.2, 0) is 15.0 Å². The molecule has 4 heterocycles. The van der Waals surface area contributed by atoms with E-state index in [2.05, 4.69) is 38.9 Å². The number of rotatable bonds is 5. The lowest BCUT2D eigenvalue weighted by molar-refractivity contribution is -0.122. The molecule has 10 heteroatoms. The summed E-state index contributed by atoms with van der Waals surface area (Å²) < 4.78 is 16.4. The van der Waals surface area contributed by atoms with Crippen LogP contribution in [-0.4, -0.2) is 51.2 Å². The molecule has 2 aliphatic heterocycles. The summed E-state index contributed by atoms with van der Waals surface area (Å²) in [7, 11) is 0. The van der Waals surface area contributed by atoms with E-state index < -0.39 is 23.0 Å². The van der Waals surface area contributed by atoms with Crippen molar-refractivity contribution in [3.8, 4) is 0 Å². The van der Waals surface area contributed by atoms with Gasteiger partial charge in [0, 0.05) is 30.2 Å². The highest BCUT2D eigenvalue weighted by Gasteiger charge is 2.61. The number of carbonyl (C=O) groups is 3. The minimum Gasteiger partial charge on any atom is -0.337 e. The quantitative estimate of drug-likeness (QED) is 0.560. The number of benzene rings is 1. The molecule has 3 saturated carbocycles. The van der Waals surface area contributed by atoms with Crippen LogP contribution in [0, 0.1) is 0 Å². The van der Waals surface area contributed by atoms with Gasteiger partial charge in [-0.2, -0.15) is 5.10 Å². The van der Waals surface area contributed by atoms with E-state index >= 15 is 0 Å². The van der Waals surface area contributed by atoms with Crippen molar-refractivity contribution in [2.75, 3.05) is 18.0 Å². The van der Waals surface area contributed by atoms with Crippen molar-refractivity contribution in [2.24, 2.45) is 0 Å². The number of carbonyl (C=O) groups excluding carboxylic acids is 3. The Kier molecular flexibility index (Phi) is 3.99. The number of imidazole rings is 1. The lowest BCUT2D eigenvalue weighted by atomic mass is 9.95. The minimum atomic E-state index is -1.24. The standard InChI is InChI=1S/C27H25FN6O3/c28-26(3-4-26)13-33-21-9-14(1-2-19(21)27(5-6-27)24(33)36)15-10-16(15)17-11-20(32-34-8-7-29-22(17)34)18-12-30-25(37)31-23(18)35/h1-2,7-9,11,15-16,18H,3-6,10,12-13H2,(H2,30,31,35,37)/t15-,16+,18?/m1/s1. The second-order valence-corrected chi connectivity index (χ2v) is 11.3. The molecule has 3 atom stereocenters. The first-order valence-corrected chi connectivity index (χ1v) is 12.9. The predicted octanol–water partition coefficient (Wildman–Crippen LogP) is 2.80. The summed E-state index contributed by atoms with van der Waals surface area (Å²) in [6.45, 7) is 0.346. The maximum Gasteiger partial charge on any atom is 0.321 e. The maximum atomic E-state index is 14.7. The number of imide groups is 1. The molecule has 1 saturated heterocycles. The summed E-state index contributed by atoms with van der Waals surface area (Å²) in [5, 5.41) is 9.58. The molecule has 0 bridgehead atoms. The number of alkyl halides is 1. The fourth-order valence-corrected chi connectivity index (χ4v) is 6.31. The normalized spacial score (nSPS) is 28.3. The van der Waals surface area contributed by atoms with Crippen LogP contribution < -0.4 is 15.5 Å². The number of nitrogens with zero attached hydrogens (tertiary/aromatic N) is 4. The van der Waals surface area contributed by atoms with E-state index in [1.54, 1.807) is 21.8 Å². The molecule has 8 rings (SSSR count). The number of urea groups is 1. The smallest absolute Gasteiger partial charge is 0.321 e. The molecule has 4 fully saturated rings. The summed E-state index contributed by atoms with van der Waals surface area (Å²) in [5.41, 5.74) is 3.74. The fourth-order valence-electron chi connectivity index (χ4n) is 6.31. The third-order valence-electron chi connectivity index (χ3n) is 8.87. The van der Waals surface area contributed by atoms with Crippen molar-refractivity contribution in [1.82, 2.24) is 25.2 Å². The van der Waals surface area contributed by atoms with E-state index in [0.29, 0.717) is 18.5 Å². The SMILES string of the molecule is O=C1NCC(c2cc([C@H]3C[C@@H]3c3ccc4c(c3)N(CC3(F)CC3)C(=O)C43CC3)c3nccn3n2)C(=O)N1. The Bertz CT molecular complexity index is 1540. The fraction of sp³-hybridized carbons (Fsp3) is 0.444. The summed E-state index contributed by atoms with van der Waals surface area (Å²) in [6, 6.07) is 7.76. The molecule has 2 N–H and O–H groups in total. The molecule has 9 nitrogen and oxygen atoms in total. The Balaban J connectivity index is 1.13. The summed E-state index contributed by atoms with van der Waals surface area (Å²) in [4.78, 5) is 43.5. The second kappa shape index (κ2) is 6.93. The number of hydrogen-bond acceptors (Lipinski definition) is 5. The number of anilines is 1. The zero-order valence-electron chi connectivity index (χ0n) is 20.0. The number of fused-ring (bicyclic) bond motifs is 3. The highest BCUT2D eigenvalue weighted by Crippen LogP contribution is 2.61.